The molecule has 1 saturated heterocycles. The van der Waals surface area contributed by atoms with E-state index in [1.54, 1.807) is 24.3 Å². The number of piperazine rings is 1. The third kappa shape index (κ3) is 3.77. The molecule has 1 unspecified atom stereocenters. The van der Waals surface area contributed by atoms with Crippen LogP contribution in [0, 0.1) is 0 Å². The lowest BCUT2D eigenvalue weighted by Gasteiger charge is -2.42. The molecule has 1 aromatic heterocycles. The predicted octanol–water partition coefficient (Wildman–Crippen LogP) is 4.07. The van der Waals surface area contributed by atoms with Crippen LogP contribution in [-0.2, 0) is 4.74 Å². The van der Waals surface area contributed by atoms with E-state index < -0.39 is 12.2 Å². The van der Waals surface area contributed by atoms with Crippen molar-refractivity contribution in [2.45, 2.75) is 19.4 Å². The molecule has 2 aromatic carbocycles. The van der Waals surface area contributed by atoms with E-state index >= 15 is 0 Å². The molecule has 156 valence electrons. The Morgan fingerprint density at radius 2 is 1.83 bits per heavy atom. The third-order valence-electron chi connectivity index (χ3n) is 5.35. The normalized spacial score (nSPS) is 16.9. The number of carbonyl (C=O) groups excluding carboxylic acids is 1. The van der Waals surface area contributed by atoms with Crippen LogP contribution in [0.1, 0.15) is 29.5 Å². The van der Waals surface area contributed by atoms with Gasteiger partial charge in [0.25, 0.3) is 6.43 Å². The predicted molar refractivity (Wildman–Crippen MR) is 111 cm³/mol. The molecule has 6 nitrogen and oxygen atoms in total. The van der Waals surface area contributed by atoms with Crippen molar-refractivity contribution in [1.82, 2.24) is 9.97 Å². The van der Waals surface area contributed by atoms with Gasteiger partial charge in [-0.25, -0.2) is 23.5 Å². The Labute approximate surface area is 173 Å². The van der Waals surface area contributed by atoms with Gasteiger partial charge in [-0.05, 0) is 43.3 Å². The molecule has 8 heteroatoms. The number of carbonyl (C=O) groups is 1. The zero-order valence-electron chi connectivity index (χ0n) is 16.8. The second kappa shape index (κ2) is 8.22. The van der Waals surface area contributed by atoms with E-state index in [2.05, 4.69) is 19.8 Å². The zero-order chi connectivity index (χ0) is 21.3. The maximum atomic E-state index is 13.4. The summed E-state index contributed by atoms with van der Waals surface area (Å²) >= 11 is 0. The summed E-state index contributed by atoms with van der Waals surface area (Å²) in [5.41, 5.74) is 2.01. The van der Waals surface area contributed by atoms with Crippen LogP contribution in [0.15, 0.2) is 48.5 Å². The maximum absolute atomic E-state index is 13.4. The van der Waals surface area contributed by atoms with Gasteiger partial charge in [0.05, 0.1) is 18.2 Å². The van der Waals surface area contributed by atoms with E-state index in [0.29, 0.717) is 36.5 Å². The van der Waals surface area contributed by atoms with Crippen LogP contribution < -0.4 is 9.80 Å². The van der Waals surface area contributed by atoms with Gasteiger partial charge in [-0.15, -0.1) is 0 Å². The number of hydrogen-bond acceptors (Lipinski definition) is 6. The number of alkyl halides is 2. The lowest BCUT2D eigenvalue weighted by atomic mass is 10.1. The molecule has 0 aliphatic carbocycles. The van der Waals surface area contributed by atoms with Gasteiger partial charge in [0.2, 0.25) is 0 Å². The lowest BCUT2D eigenvalue weighted by molar-refractivity contribution is 0.0600. The Kier molecular flexibility index (Phi) is 5.48. The van der Waals surface area contributed by atoms with E-state index in [4.69, 9.17) is 4.74 Å². The first-order chi connectivity index (χ1) is 14.5. The summed E-state index contributed by atoms with van der Waals surface area (Å²) in [5.74, 6) is -0.272. The quantitative estimate of drug-likeness (QED) is 0.602. The number of hydrogen-bond donors (Lipinski definition) is 0. The van der Waals surface area contributed by atoms with Crippen molar-refractivity contribution in [3.05, 3.63) is 59.9 Å². The molecule has 30 heavy (non-hydrogen) atoms. The maximum Gasteiger partial charge on any atom is 0.337 e. The van der Waals surface area contributed by atoms with Gasteiger partial charge in [-0.2, -0.15) is 0 Å². The summed E-state index contributed by atoms with van der Waals surface area (Å²) < 4.78 is 31.4. The van der Waals surface area contributed by atoms with Gasteiger partial charge in [-0.3, -0.25) is 0 Å². The minimum absolute atomic E-state index is 0.0443. The van der Waals surface area contributed by atoms with E-state index in [-0.39, 0.29) is 12.0 Å². The van der Waals surface area contributed by atoms with Crippen LogP contribution in [0.5, 0.6) is 0 Å². The summed E-state index contributed by atoms with van der Waals surface area (Å²) in [6, 6.07) is 14.6. The van der Waals surface area contributed by atoms with Gasteiger partial charge < -0.3 is 14.5 Å². The number of halogens is 2. The second-order valence-electron chi connectivity index (χ2n) is 7.25. The minimum Gasteiger partial charge on any atom is -0.465 e. The smallest absolute Gasteiger partial charge is 0.337 e. The van der Waals surface area contributed by atoms with Gasteiger partial charge in [0.15, 0.2) is 5.82 Å². The van der Waals surface area contributed by atoms with Crippen molar-refractivity contribution in [1.29, 1.82) is 0 Å². The molecule has 0 amide bonds. The number of fused-ring (bicyclic) bond motifs is 1. The highest BCUT2D eigenvalue weighted by molar-refractivity contribution is 5.90. The van der Waals surface area contributed by atoms with Gasteiger partial charge in [-0.1, -0.05) is 12.1 Å². The van der Waals surface area contributed by atoms with Crippen molar-refractivity contribution in [2.75, 3.05) is 36.5 Å². The Bertz CT molecular complexity index is 1060. The highest BCUT2D eigenvalue weighted by Crippen LogP contribution is 2.30. The average Bonchev–Trinajstić information content (AvgIpc) is 2.78. The molecule has 0 bridgehead atoms. The van der Waals surface area contributed by atoms with E-state index in [0.717, 1.165) is 11.1 Å². The Morgan fingerprint density at radius 1 is 1.10 bits per heavy atom. The van der Waals surface area contributed by atoms with Crippen LogP contribution in [0.25, 0.3) is 10.9 Å². The van der Waals surface area contributed by atoms with Crippen molar-refractivity contribution in [3.8, 4) is 0 Å². The highest BCUT2D eigenvalue weighted by Gasteiger charge is 2.28. The monoisotopic (exact) mass is 412 g/mol. The molecular formula is C22H22F2N4O2. The van der Waals surface area contributed by atoms with Crippen LogP contribution in [0.3, 0.4) is 0 Å². The number of anilines is 2. The molecule has 1 aliphatic heterocycles. The van der Waals surface area contributed by atoms with Crippen molar-refractivity contribution in [2.24, 2.45) is 0 Å². The largest absolute Gasteiger partial charge is 0.465 e. The lowest BCUT2D eigenvalue weighted by Crippen LogP contribution is -2.52. The van der Waals surface area contributed by atoms with Crippen LogP contribution >= 0.6 is 0 Å². The fourth-order valence-corrected chi connectivity index (χ4v) is 3.83. The fraction of sp³-hybridized carbons (Fsp3) is 0.318. The molecule has 1 atom stereocenters. The Balaban J connectivity index is 1.59. The van der Waals surface area contributed by atoms with E-state index in [1.807, 2.05) is 31.2 Å². The van der Waals surface area contributed by atoms with Crippen molar-refractivity contribution >= 4 is 28.4 Å². The minimum atomic E-state index is -2.72. The molecular weight excluding hydrogens is 390 g/mol. The number of esters is 1. The molecule has 0 spiro atoms. The van der Waals surface area contributed by atoms with Crippen LogP contribution in [0.4, 0.5) is 20.3 Å². The fourth-order valence-electron chi connectivity index (χ4n) is 3.83. The Hall–Kier alpha value is -3.29. The SMILES string of the molecule is COC(=O)c1ccc(N2CCN(c3nc(C(F)F)nc4ccccc34)C(C)C2)cc1. The Morgan fingerprint density at radius 3 is 2.50 bits per heavy atom. The van der Waals surface area contributed by atoms with Crippen molar-refractivity contribution < 1.29 is 18.3 Å². The van der Waals surface area contributed by atoms with Gasteiger partial charge in [0.1, 0.15) is 5.82 Å². The van der Waals surface area contributed by atoms with Gasteiger partial charge in [0, 0.05) is 36.7 Å². The summed E-state index contributed by atoms with van der Waals surface area (Å²) in [4.78, 5) is 24.1. The number of benzene rings is 2. The first-order valence-corrected chi connectivity index (χ1v) is 9.72. The topological polar surface area (TPSA) is 58.6 Å². The molecule has 2 heterocycles. The molecule has 4 rings (SSSR count). The standard InChI is InChI=1S/C22H22F2N4O2/c1-14-13-27(16-9-7-15(8-10-16)22(29)30-2)11-12-28(14)21-17-5-3-4-6-18(17)25-20(26-21)19(23)24/h3-10,14,19H,11-13H2,1-2H3. The summed E-state index contributed by atoms with van der Waals surface area (Å²) in [5, 5.41) is 0.768. The molecule has 0 saturated carbocycles. The number of ether oxygens (including phenoxy) is 1. The number of rotatable bonds is 4. The van der Waals surface area contributed by atoms with E-state index in [1.165, 1.54) is 7.11 Å². The van der Waals surface area contributed by atoms with Crippen LogP contribution in [-0.4, -0.2) is 48.7 Å². The zero-order valence-corrected chi connectivity index (χ0v) is 16.8. The molecule has 0 N–H and O–H groups in total. The number of nitrogens with zero attached hydrogens (tertiary/aromatic N) is 4. The van der Waals surface area contributed by atoms with Gasteiger partial charge >= 0.3 is 5.97 Å². The molecule has 1 aliphatic rings. The summed E-state index contributed by atoms with van der Waals surface area (Å²) in [6.45, 7) is 4.07. The van der Waals surface area contributed by atoms with Crippen LogP contribution in [0.2, 0.25) is 0 Å². The first-order valence-electron chi connectivity index (χ1n) is 9.72. The first kappa shape index (κ1) is 20.0. The third-order valence-corrected chi connectivity index (χ3v) is 5.35. The number of methoxy groups -OCH3 is 1. The summed E-state index contributed by atoms with van der Waals surface area (Å²) in [7, 11) is 1.35. The average molecular weight is 412 g/mol. The summed E-state index contributed by atoms with van der Waals surface area (Å²) in [6.07, 6.45) is -2.72. The second-order valence-corrected chi connectivity index (χ2v) is 7.25. The molecule has 1 fully saturated rings. The highest BCUT2D eigenvalue weighted by atomic mass is 19.3. The molecule has 0 radical (unpaired) electrons. The van der Waals surface area contributed by atoms with E-state index in [9.17, 15) is 13.6 Å². The molecule has 3 aromatic rings. The number of para-hydroxylation sites is 1. The van der Waals surface area contributed by atoms with Crippen molar-refractivity contribution in [3.63, 3.8) is 0 Å². The number of aromatic nitrogens is 2.